The van der Waals surface area contributed by atoms with Gasteiger partial charge < -0.3 is 5.32 Å². The molecule has 0 spiro atoms. The molecule has 0 saturated heterocycles. The lowest BCUT2D eigenvalue weighted by atomic mass is 10.1. The molecule has 3 nitrogen and oxygen atoms in total. The van der Waals surface area contributed by atoms with Crippen LogP contribution in [-0.4, -0.2) is 10.9 Å². The third-order valence-corrected chi connectivity index (χ3v) is 2.81. The Balaban J connectivity index is 2.03. The van der Waals surface area contributed by atoms with Crippen molar-refractivity contribution in [3.63, 3.8) is 0 Å². The van der Waals surface area contributed by atoms with Crippen molar-refractivity contribution in [1.82, 2.24) is 4.98 Å². The molecule has 0 aliphatic rings. The summed E-state index contributed by atoms with van der Waals surface area (Å²) in [7, 11) is 0. The van der Waals surface area contributed by atoms with Crippen LogP contribution in [0.15, 0.2) is 42.6 Å². The van der Waals surface area contributed by atoms with E-state index in [1.807, 2.05) is 6.07 Å². The lowest BCUT2D eigenvalue weighted by molar-refractivity contribution is -0.115. The fourth-order valence-electron chi connectivity index (χ4n) is 1.49. The fraction of sp³-hybridized carbons (Fsp3) is 0.0769. The van der Waals surface area contributed by atoms with Gasteiger partial charge in [0.05, 0.1) is 11.4 Å². The average Bonchev–Trinajstić information content (AvgIpc) is 2.32. The number of halogens is 2. The number of anilines is 1. The van der Waals surface area contributed by atoms with Gasteiger partial charge in [0.1, 0.15) is 0 Å². The number of carbonyl (C=O) groups is 1. The molecular formula is C13H10Cl2N2O. The smallest absolute Gasteiger partial charge is 0.229 e. The van der Waals surface area contributed by atoms with Gasteiger partial charge in [-0.15, -0.1) is 0 Å². The Hall–Kier alpha value is -1.58. The highest BCUT2D eigenvalue weighted by Gasteiger charge is 2.07. The van der Waals surface area contributed by atoms with Crippen molar-refractivity contribution < 1.29 is 4.79 Å². The first-order valence-corrected chi connectivity index (χ1v) is 6.05. The van der Waals surface area contributed by atoms with Gasteiger partial charge in [-0.2, -0.15) is 0 Å². The molecule has 0 radical (unpaired) electrons. The summed E-state index contributed by atoms with van der Waals surface area (Å²) in [6.07, 6.45) is 1.80. The molecule has 0 atom stereocenters. The van der Waals surface area contributed by atoms with Crippen LogP contribution in [0.2, 0.25) is 10.0 Å². The van der Waals surface area contributed by atoms with E-state index in [1.54, 1.807) is 36.5 Å². The summed E-state index contributed by atoms with van der Waals surface area (Å²) in [6.45, 7) is 0. The number of pyridine rings is 1. The van der Waals surface area contributed by atoms with Gasteiger partial charge in [0.15, 0.2) is 5.82 Å². The number of hydrogen-bond acceptors (Lipinski definition) is 2. The Morgan fingerprint density at radius 3 is 2.78 bits per heavy atom. The topological polar surface area (TPSA) is 42.0 Å². The summed E-state index contributed by atoms with van der Waals surface area (Å²) in [6, 6.07) is 10.5. The zero-order chi connectivity index (χ0) is 13.0. The number of hydrogen-bond donors (Lipinski definition) is 1. The summed E-state index contributed by atoms with van der Waals surface area (Å²) in [4.78, 5) is 15.8. The van der Waals surface area contributed by atoms with Gasteiger partial charge in [0, 0.05) is 11.2 Å². The highest BCUT2D eigenvalue weighted by atomic mass is 35.5. The summed E-state index contributed by atoms with van der Waals surface area (Å²) in [5.41, 5.74) is 0.840. The van der Waals surface area contributed by atoms with Crippen molar-refractivity contribution >= 4 is 34.9 Å². The molecule has 0 aliphatic heterocycles. The largest absolute Gasteiger partial charge is 0.309 e. The molecule has 0 unspecified atom stereocenters. The van der Waals surface area contributed by atoms with E-state index in [4.69, 9.17) is 23.2 Å². The SMILES string of the molecule is O=C(Cc1cccc(Cl)c1)Nc1ncccc1Cl. The number of nitrogens with zero attached hydrogens (tertiary/aromatic N) is 1. The first kappa shape index (κ1) is 12.9. The van der Waals surface area contributed by atoms with Crippen LogP contribution in [-0.2, 0) is 11.2 Å². The maximum Gasteiger partial charge on any atom is 0.229 e. The van der Waals surface area contributed by atoms with E-state index in [-0.39, 0.29) is 12.3 Å². The minimum atomic E-state index is -0.183. The van der Waals surface area contributed by atoms with Crippen LogP contribution in [0.3, 0.4) is 0 Å². The molecule has 2 aromatic rings. The van der Waals surface area contributed by atoms with Gasteiger partial charge in [0.2, 0.25) is 5.91 Å². The first-order chi connectivity index (χ1) is 8.65. The van der Waals surface area contributed by atoms with Crippen LogP contribution >= 0.6 is 23.2 Å². The van der Waals surface area contributed by atoms with Gasteiger partial charge >= 0.3 is 0 Å². The van der Waals surface area contributed by atoms with E-state index < -0.39 is 0 Å². The third kappa shape index (κ3) is 3.45. The van der Waals surface area contributed by atoms with Crippen molar-refractivity contribution in [3.05, 3.63) is 58.2 Å². The number of rotatable bonds is 3. The Morgan fingerprint density at radius 2 is 2.06 bits per heavy atom. The Bertz CT molecular complexity index is 572. The molecule has 1 aromatic carbocycles. The molecule has 1 amide bonds. The molecule has 1 heterocycles. The Kier molecular flexibility index (Phi) is 4.18. The normalized spacial score (nSPS) is 10.1. The zero-order valence-electron chi connectivity index (χ0n) is 9.36. The van der Waals surface area contributed by atoms with Crippen LogP contribution in [0.25, 0.3) is 0 Å². The molecule has 18 heavy (non-hydrogen) atoms. The van der Waals surface area contributed by atoms with E-state index in [0.29, 0.717) is 15.9 Å². The predicted octanol–water partition coefficient (Wildman–Crippen LogP) is 3.57. The van der Waals surface area contributed by atoms with Crippen LogP contribution in [0.5, 0.6) is 0 Å². The average molecular weight is 281 g/mol. The molecule has 0 fully saturated rings. The second-order valence-corrected chi connectivity index (χ2v) is 4.53. The first-order valence-electron chi connectivity index (χ1n) is 5.30. The second kappa shape index (κ2) is 5.85. The molecule has 0 aliphatic carbocycles. The van der Waals surface area contributed by atoms with Crippen molar-refractivity contribution in [3.8, 4) is 0 Å². The van der Waals surface area contributed by atoms with E-state index in [0.717, 1.165) is 5.56 Å². The van der Waals surface area contributed by atoms with E-state index in [1.165, 1.54) is 0 Å². The predicted molar refractivity (Wildman–Crippen MR) is 73.0 cm³/mol. The number of benzene rings is 1. The van der Waals surface area contributed by atoms with Gasteiger partial charge in [-0.05, 0) is 29.8 Å². The molecule has 92 valence electrons. The zero-order valence-corrected chi connectivity index (χ0v) is 10.9. The highest BCUT2D eigenvalue weighted by molar-refractivity contribution is 6.33. The summed E-state index contributed by atoms with van der Waals surface area (Å²) >= 11 is 11.7. The van der Waals surface area contributed by atoms with Crippen molar-refractivity contribution in [1.29, 1.82) is 0 Å². The van der Waals surface area contributed by atoms with Gasteiger partial charge in [-0.25, -0.2) is 4.98 Å². The van der Waals surface area contributed by atoms with Crippen molar-refractivity contribution in [2.75, 3.05) is 5.32 Å². The monoisotopic (exact) mass is 280 g/mol. The van der Waals surface area contributed by atoms with E-state index in [9.17, 15) is 4.79 Å². The molecule has 2 rings (SSSR count). The van der Waals surface area contributed by atoms with E-state index in [2.05, 4.69) is 10.3 Å². The molecule has 1 aromatic heterocycles. The minimum absolute atomic E-state index is 0.183. The summed E-state index contributed by atoms with van der Waals surface area (Å²) in [5.74, 6) is 0.184. The molecule has 0 saturated carbocycles. The maximum atomic E-state index is 11.8. The quantitative estimate of drug-likeness (QED) is 0.934. The van der Waals surface area contributed by atoms with E-state index >= 15 is 0 Å². The Labute approximate surface area is 115 Å². The number of amides is 1. The van der Waals surface area contributed by atoms with Crippen LogP contribution in [0.4, 0.5) is 5.82 Å². The van der Waals surface area contributed by atoms with Crippen LogP contribution in [0, 0.1) is 0 Å². The Morgan fingerprint density at radius 1 is 1.22 bits per heavy atom. The van der Waals surface area contributed by atoms with Crippen molar-refractivity contribution in [2.45, 2.75) is 6.42 Å². The minimum Gasteiger partial charge on any atom is -0.309 e. The molecule has 1 N–H and O–H groups in total. The highest BCUT2D eigenvalue weighted by Crippen LogP contribution is 2.18. The second-order valence-electron chi connectivity index (χ2n) is 3.69. The van der Waals surface area contributed by atoms with Crippen molar-refractivity contribution in [2.24, 2.45) is 0 Å². The van der Waals surface area contributed by atoms with Gasteiger partial charge in [-0.1, -0.05) is 35.3 Å². The van der Waals surface area contributed by atoms with Gasteiger partial charge in [-0.3, -0.25) is 4.79 Å². The number of nitrogens with one attached hydrogen (secondary N) is 1. The fourth-order valence-corrected chi connectivity index (χ4v) is 1.87. The standard InChI is InChI=1S/C13H10Cl2N2O/c14-10-4-1-3-9(7-10)8-12(18)17-13-11(15)5-2-6-16-13/h1-7H,8H2,(H,16,17,18). The third-order valence-electron chi connectivity index (χ3n) is 2.27. The lowest BCUT2D eigenvalue weighted by Gasteiger charge is -2.06. The van der Waals surface area contributed by atoms with Crippen LogP contribution < -0.4 is 5.32 Å². The molecule has 5 heteroatoms. The lowest BCUT2D eigenvalue weighted by Crippen LogP contribution is -2.15. The number of carbonyl (C=O) groups excluding carboxylic acids is 1. The van der Waals surface area contributed by atoms with Gasteiger partial charge in [0.25, 0.3) is 0 Å². The number of aromatic nitrogens is 1. The molecular weight excluding hydrogens is 271 g/mol. The van der Waals surface area contributed by atoms with Crippen LogP contribution in [0.1, 0.15) is 5.56 Å². The maximum absolute atomic E-state index is 11.8. The molecule has 0 bridgehead atoms. The summed E-state index contributed by atoms with van der Waals surface area (Å²) < 4.78 is 0. The summed E-state index contributed by atoms with van der Waals surface area (Å²) in [5, 5.41) is 3.67.